The monoisotopic (exact) mass is 410 g/mol. The Morgan fingerprint density at radius 2 is 2.06 bits per heavy atom. The lowest BCUT2D eigenvalue weighted by molar-refractivity contribution is 0.0781. The van der Waals surface area contributed by atoms with Crippen LogP contribution in [-0.2, 0) is 20.0 Å². The molecule has 0 saturated heterocycles. The number of carbonyl (C=O) groups excluding carboxylic acids is 1. The van der Waals surface area contributed by atoms with Gasteiger partial charge in [0.2, 0.25) is 0 Å². The first kappa shape index (κ1) is 19.2. The molecule has 2 aliphatic rings. The molecule has 0 unspecified atom stereocenters. The van der Waals surface area contributed by atoms with E-state index in [1.54, 1.807) is 29.9 Å². The van der Waals surface area contributed by atoms with Crippen molar-refractivity contribution in [2.45, 2.75) is 32.7 Å². The SMILES string of the molecule is Cc1ccc2c(c1)[C@@H](C)C1=CCc3ncc(nc31)-c1c(C#N)nn(C)c1CN(C)C2=O. The van der Waals surface area contributed by atoms with Crippen LogP contribution in [0.15, 0.2) is 30.5 Å². The molecule has 1 aromatic carbocycles. The number of rotatable bonds is 0. The molecule has 154 valence electrons. The molecule has 0 saturated carbocycles. The van der Waals surface area contributed by atoms with Crippen LogP contribution < -0.4 is 0 Å². The fourth-order valence-corrected chi connectivity index (χ4v) is 4.59. The second-order valence-corrected chi connectivity index (χ2v) is 8.29. The Kier molecular flexibility index (Phi) is 4.26. The Morgan fingerprint density at radius 3 is 2.84 bits per heavy atom. The lowest BCUT2D eigenvalue weighted by Crippen LogP contribution is -2.29. The highest BCUT2D eigenvalue weighted by molar-refractivity contribution is 5.97. The molecule has 2 aromatic heterocycles. The van der Waals surface area contributed by atoms with E-state index in [1.165, 1.54) is 0 Å². The summed E-state index contributed by atoms with van der Waals surface area (Å²) in [6.07, 6.45) is 4.58. The molecule has 0 N–H and O–H groups in total. The topological polar surface area (TPSA) is 87.7 Å². The number of benzene rings is 1. The van der Waals surface area contributed by atoms with E-state index in [-0.39, 0.29) is 17.5 Å². The van der Waals surface area contributed by atoms with Crippen molar-refractivity contribution in [1.29, 1.82) is 5.26 Å². The van der Waals surface area contributed by atoms with Gasteiger partial charge in [0, 0.05) is 32.0 Å². The van der Waals surface area contributed by atoms with Gasteiger partial charge in [0.15, 0.2) is 5.69 Å². The number of hydrogen-bond donors (Lipinski definition) is 0. The predicted molar refractivity (Wildman–Crippen MR) is 116 cm³/mol. The zero-order chi connectivity index (χ0) is 21.9. The summed E-state index contributed by atoms with van der Waals surface area (Å²) in [7, 11) is 3.57. The van der Waals surface area contributed by atoms with Gasteiger partial charge >= 0.3 is 0 Å². The van der Waals surface area contributed by atoms with E-state index in [2.05, 4.69) is 35.2 Å². The summed E-state index contributed by atoms with van der Waals surface area (Å²) < 4.78 is 1.66. The molecule has 1 atom stereocenters. The number of amides is 1. The summed E-state index contributed by atoms with van der Waals surface area (Å²) in [5.41, 5.74) is 7.92. The van der Waals surface area contributed by atoms with Crippen molar-refractivity contribution >= 4 is 11.5 Å². The molecule has 0 spiro atoms. The standard InChI is InChI=1S/C24H22N6O/c1-13-5-6-16-17(9-13)14(2)15-7-8-18-23(15)27-20(11-26-18)22-19(10-25)28-30(4)21(22)12-29(3)24(16)31/h5-7,9,11,14H,8,12H2,1-4H3/t14-/m0/s1. The number of fused-ring (bicyclic) bond motifs is 4. The molecule has 7 heteroatoms. The van der Waals surface area contributed by atoms with E-state index < -0.39 is 0 Å². The largest absolute Gasteiger partial charge is 0.336 e. The number of aryl methyl sites for hydroxylation is 2. The van der Waals surface area contributed by atoms with Crippen molar-refractivity contribution in [1.82, 2.24) is 24.6 Å². The fourth-order valence-electron chi connectivity index (χ4n) is 4.59. The van der Waals surface area contributed by atoms with Gasteiger partial charge < -0.3 is 4.90 Å². The molecule has 2 bridgehead atoms. The molecular formula is C24H22N6O. The maximum atomic E-state index is 13.5. The van der Waals surface area contributed by atoms with E-state index in [0.717, 1.165) is 33.8 Å². The number of aromatic nitrogens is 4. The molecular weight excluding hydrogens is 388 g/mol. The molecule has 1 aliphatic carbocycles. The predicted octanol–water partition coefficient (Wildman–Crippen LogP) is 3.39. The smallest absolute Gasteiger partial charge is 0.254 e. The summed E-state index contributed by atoms with van der Waals surface area (Å²) >= 11 is 0. The van der Waals surface area contributed by atoms with Gasteiger partial charge in [-0.2, -0.15) is 10.4 Å². The minimum Gasteiger partial charge on any atom is -0.336 e. The summed E-state index contributed by atoms with van der Waals surface area (Å²) in [4.78, 5) is 24.8. The first-order valence-corrected chi connectivity index (χ1v) is 10.3. The van der Waals surface area contributed by atoms with Crippen molar-refractivity contribution in [3.8, 4) is 17.3 Å². The van der Waals surface area contributed by atoms with Crippen LogP contribution in [0.1, 0.15) is 57.1 Å². The zero-order valence-electron chi connectivity index (χ0n) is 18.0. The Labute approximate surface area is 180 Å². The van der Waals surface area contributed by atoms with Crippen molar-refractivity contribution < 1.29 is 4.79 Å². The molecule has 0 fully saturated rings. The highest BCUT2D eigenvalue weighted by Gasteiger charge is 2.30. The minimum atomic E-state index is -0.0540. The van der Waals surface area contributed by atoms with Gasteiger partial charge in [-0.25, -0.2) is 4.98 Å². The zero-order valence-corrected chi connectivity index (χ0v) is 18.0. The van der Waals surface area contributed by atoms with Crippen LogP contribution in [0.5, 0.6) is 0 Å². The fraction of sp³-hybridized carbons (Fsp3) is 0.292. The van der Waals surface area contributed by atoms with Crippen LogP contribution in [0.25, 0.3) is 16.8 Å². The van der Waals surface area contributed by atoms with Gasteiger partial charge in [0.25, 0.3) is 5.91 Å². The summed E-state index contributed by atoms with van der Waals surface area (Å²) in [5.74, 6) is -0.0667. The minimum absolute atomic E-state index is 0.0127. The van der Waals surface area contributed by atoms with Gasteiger partial charge in [0.05, 0.1) is 41.1 Å². The first-order chi connectivity index (χ1) is 14.9. The van der Waals surface area contributed by atoms with Crippen LogP contribution in [0.4, 0.5) is 0 Å². The van der Waals surface area contributed by atoms with Crippen LogP contribution in [0.2, 0.25) is 0 Å². The highest BCUT2D eigenvalue weighted by Crippen LogP contribution is 2.40. The van der Waals surface area contributed by atoms with Crippen LogP contribution in [0, 0.1) is 18.3 Å². The lowest BCUT2D eigenvalue weighted by Gasteiger charge is -2.24. The quantitative estimate of drug-likeness (QED) is 0.567. The number of hydrogen-bond acceptors (Lipinski definition) is 5. The molecule has 7 nitrogen and oxygen atoms in total. The van der Waals surface area contributed by atoms with E-state index in [9.17, 15) is 10.1 Å². The Morgan fingerprint density at radius 1 is 1.26 bits per heavy atom. The molecule has 3 aromatic rings. The van der Waals surface area contributed by atoms with E-state index in [4.69, 9.17) is 4.98 Å². The van der Waals surface area contributed by atoms with Crippen molar-refractivity contribution in [3.63, 3.8) is 0 Å². The van der Waals surface area contributed by atoms with Gasteiger partial charge in [-0.3, -0.25) is 14.5 Å². The first-order valence-electron chi connectivity index (χ1n) is 10.3. The van der Waals surface area contributed by atoms with E-state index >= 15 is 0 Å². The third-order valence-electron chi connectivity index (χ3n) is 6.27. The number of carbonyl (C=O) groups is 1. The Hall–Kier alpha value is -3.79. The van der Waals surface area contributed by atoms with Gasteiger partial charge in [-0.1, -0.05) is 30.7 Å². The molecule has 3 heterocycles. The summed E-state index contributed by atoms with van der Waals surface area (Å²) in [6, 6.07) is 8.16. The maximum absolute atomic E-state index is 13.5. The number of nitrogens with zero attached hydrogens (tertiary/aromatic N) is 6. The van der Waals surface area contributed by atoms with Gasteiger partial charge in [-0.05, 0) is 24.1 Å². The Bertz CT molecular complexity index is 1330. The molecule has 1 amide bonds. The van der Waals surface area contributed by atoms with Crippen molar-refractivity contribution in [2.24, 2.45) is 7.05 Å². The maximum Gasteiger partial charge on any atom is 0.254 e. The summed E-state index contributed by atoms with van der Waals surface area (Å²) in [5, 5.41) is 14.1. The van der Waals surface area contributed by atoms with Crippen LogP contribution in [0.3, 0.4) is 0 Å². The van der Waals surface area contributed by atoms with Gasteiger partial charge in [-0.15, -0.1) is 0 Å². The van der Waals surface area contributed by atoms with E-state index in [1.807, 2.05) is 19.1 Å². The average Bonchev–Trinajstić information content (AvgIpc) is 3.32. The van der Waals surface area contributed by atoms with Crippen LogP contribution >= 0.6 is 0 Å². The third-order valence-corrected chi connectivity index (χ3v) is 6.27. The Balaban J connectivity index is 1.82. The molecule has 5 rings (SSSR count). The van der Waals surface area contributed by atoms with Crippen molar-refractivity contribution in [2.75, 3.05) is 7.05 Å². The third kappa shape index (κ3) is 2.87. The highest BCUT2D eigenvalue weighted by atomic mass is 16.2. The normalized spacial score (nSPS) is 17.3. The second kappa shape index (κ2) is 6.88. The summed E-state index contributed by atoms with van der Waals surface area (Å²) in [6.45, 7) is 4.46. The average molecular weight is 410 g/mol. The number of allylic oxidation sites excluding steroid dienone is 2. The molecule has 0 radical (unpaired) electrons. The molecule has 31 heavy (non-hydrogen) atoms. The van der Waals surface area contributed by atoms with Gasteiger partial charge in [0.1, 0.15) is 6.07 Å². The second-order valence-electron chi connectivity index (χ2n) is 8.29. The lowest BCUT2D eigenvalue weighted by atomic mass is 9.87. The number of nitriles is 1. The van der Waals surface area contributed by atoms with Crippen LogP contribution in [-0.4, -0.2) is 37.6 Å². The van der Waals surface area contributed by atoms with Crippen molar-refractivity contribution in [3.05, 3.63) is 69.9 Å². The van der Waals surface area contributed by atoms with E-state index in [0.29, 0.717) is 29.8 Å². The molecule has 1 aliphatic heterocycles.